The van der Waals surface area contributed by atoms with Crippen LogP contribution in [-0.2, 0) is 17.8 Å². The number of nitrogens with zero attached hydrogens (tertiary/aromatic N) is 1. The summed E-state index contributed by atoms with van der Waals surface area (Å²) < 4.78 is 5.74. The Balaban J connectivity index is 1.45. The van der Waals surface area contributed by atoms with E-state index in [1.165, 1.54) is 17.7 Å². The minimum absolute atomic E-state index is 0.0255. The van der Waals surface area contributed by atoms with Crippen LogP contribution in [-0.4, -0.2) is 58.9 Å². The number of hydrogen-bond donors (Lipinski definition) is 4. The van der Waals surface area contributed by atoms with Crippen molar-refractivity contribution in [2.75, 3.05) is 26.2 Å². The van der Waals surface area contributed by atoms with Crippen LogP contribution in [0.5, 0.6) is 11.5 Å². The summed E-state index contributed by atoms with van der Waals surface area (Å²) in [6.07, 6.45) is 1.89. The number of benzene rings is 2. The molecule has 9 heteroatoms. The van der Waals surface area contributed by atoms with Crippen LogP contribution < -0.4 is 15.8 Å². The van der Waals surface area contributed by atoms with Crippen molar-refractivity contribution in [2.45, 2.75) is 44.4 Å². The Bertz CT molecular complexity index is 945. The molecule has 33 heavy (non-hydrogen) atoms. The molecule has 180 valence electrons. The summed E-state index contributed by atoms with van der Waals surface area (Å²) in [6, 6.07) is 11.0. The van der Waals surface area contributed by atoms with Crippen molar-refractivity contribution in [2.24, 2.45) is 5.73 Å². The zero-order valence-corrected chi connectivity index (χ0v) is 20.2. The van der Waals surface area contributed by atoms with Crippen molar-refractivity contribution in [3.8, 4) is 11.5 Å². The van der Waals surface area contributed by atoms with Gasteiger partial charge in [-0.15, -0.1) is 0 Å². The zero-order chi connectivity index (χ0) is 24.0. The van der Waals surface area contributed by atoms with E-state index in [-0.39, 0.29) is 29.5 Å². The lowest BCUT2D eigenvalue weighted by molar-refractivity contribution is -0.117. The van der Waals surface area contributed by atoms with Gasteiger partial charge in [0, 0.05) is 35.8 Å². The van der Waals surface area contributed by atoms with E-state index < -0.39 is 11.5 Å². The van der Waals surface area contributed by atoms with Crippen molar-refractivity contribution in [1.29, 1.82) is 0 Å². The van der Waals surface area contributed by atoms with Crippen molar-refractivity contribution >= 4 is 29.1 Å². The molecule has 5 N–H and O–H groups in total. The number of nitrogens with one attached hydrogen (secondary N) is 1. The molecule has 1 fully saturated rings. The van der Waals surface area contributed by atoms with E-state index in [9.17, 15) is 15.0 Å². The molecule has 0 saturated carbocycles. The molecule has 1 amide bonds. The number of phenolic OH excluding ortho intramolecular Hbond substituents is 1. The topological polar surface area (TPSA) is 108 Å². The first-order chi connectivity index (χ1) is 15.6. The minimum atomic E-state index is -1.15. The van der Waals surface area contributed by atoms with Crippen LogP contribution in [0.3, 0.4) is 0 Å². The second-order valence-electron chi connectivity index (χ2n) is 8.90. The molecular weight excluding hydrogens is 465 g/mol. The maximum Gasteiger partial charge on any atom is 0.221 e. The molecule has 0 unspecified atom stereocenters. The molecule has 0 spiro atoms. The van der Waals surface area contributed by atoms with Crippen molar-refractivity contribution in [3.05, 3.63) is 57.6 Å². The maximum absolute atomic E-state index is 11.3. The summed E-state index contributed by atoms with van der Waals surface area (Å²) in [6.45, 7) is 4.84. The van der Waals surface area contributed by atoms with E-state index in [1.807, 2.05) is 12.1 Å². The number of amides is 1. The number of piperidine rings is 1. The van der Waals surface area contributed by atoms with E-state index in [2.05, 4.69) is 22.3 Å². The lowest BCUT2D eigenvalue weighted by Gasteiger charge is -2.34. The van der Waals surface area contributed by atoms with Gasteiger partial charge in [0.05, 0.1) is 11.4 Å². The van der Waals surface area contributed by atoms with Crippen molar-refractivity contribution < 1.29 is 19.7 Å². The summed E-state index contributed by atoms with van der Waals surface area (Å²) in [4.78, 5) is 13.7. The summed E-state index contributed by atoms with van der Waals surface area (Å²) >= 11 is 11.9. The first kappa shape index (κ1) is 25.6. The fourth-order valence-electron chi connectivity index (χ4n) is 3.84. The molecule has 2 aromatic rings. The summed E-state index contributed by atoms with van der Waals surface area (Å²) in [5, 5.41) is 24.9. The minimum Gasteiger partial charge on any atom is -0.506 e. The van der Waals surface area contributed by atoms with Crippen LogP contribution in [0.2, 0.25) is 10.0 Å². The van der Waals surface area contributed by atoms with Gasteiger partial charge in [-0.25, -0.2) is 0 Å². The molecular formula is C24H31Cl2N3O4. The highest BCUT2D eigenvalue weighted by Crippen LogP contribution is 2.32. The number of carbonyl (C=O) groups excluding carboxylic acids is 1. The van der Waals surface area contributed by atoms with Gasteiger partial charge < -0.3 is 26.0 Å². The van der Waals surface area contributed by atoms with E-state index >= 15 is 0 Å². The summed E-state index contributed by atoms with van der Waals surface area (Å²) in [5.41, 5.74) is 5.84. The van der Waals surface area contributed by atoms with Gasteiger partial charge in [0.15, 0.2) is 0 Å². The highest BCUT2D eigenvalue weighted by Gasteiger charge is 2.26. The predicted octanol–water partition coefficient (Wildman–Crippen LogP) is 3.11. The summed E-state index contributed by atoms with van der Waals surface area (Å²) in [5.74, 6) is -0.438. The molecule has 0 aromatic heterocycles. The second-order valence-corrected chi connectivity index (χ2v) is 9.74. The summed E-state index contributed by atoms with van der Waals surface area (Å²) in [7, 11) is 0. The van der Waals surface area contributed by atoms with Gasteiger partial charge in [-0.05, 0) is 56.6 Å². The fraction of sp³-hybridized carbons (Fsp3) is 0.458. The molecule has 1 heterocycles. The van der Waals surface area contributed by atoms with Gasteiger partial charge in [-0.2, -0.15) is 0 Å². The molecule has 1 aliphatic heterocycles. The highest BCUT2D eigenvalue weighted by molar-refractivity contribution is 6.32. The third-order valence-corrected chi connectivity index (χ3v) is 6.27. The van der Waals surface area contributed by atoms with Crippen LogP contribution in [0.25, 0.3) is 0 Å². The van der Waals surface area contributed by atoms with E-state index in [4.69, 9.17) is 33.7 Å². The molecule has 0 aliphatic carbocycles. The Labute approximate surface area is 204 Å². The molecule has 1 aliphatic rings. The van der Waals surface area contributed by atoms with E-state index in [0.29, 0.717) is 18.2 Å². The number of aliphatic hydroxyl groups is 1. The van der Waals surface area contributed by atoms with Crippen molar-refractivity contribution in [3.63, 3.8) is 0 Å². The standard InChI is InChI=1S/C24H31Cl2N3O4/c1-24(32,15-33-22-12-21(30)20(26)10-17(22)11-23(27)31)14-28-19-6-8-29(9-7-19)13-16-2-4-18(25)5-3-16/h2-5,10,12,19,28,30,32H,6-9,11,13-15H2,1H3,(H2,27,31)/t24-/m0/s1. The molecule has 1 saturated heterocycles. The van der Waals surface area contributed by atoms with Gasteiger partial charge in [0.2, 0.25) is 5.91 Å². The Morgan fingerprint density at radius 2 is 1.91 bits per heavy atom. The van der Waals surface area contributed by atoms with Gasteiger partial charge >= 0.3 is 0 Å². The largest absolute Gasteiger partial charge is 0.506 e. The van der Waals surface area contributed by atoms with Crippen LogP contribution in [0.1, 0.15) is 30.9 Å². The van der Waals surface area contributed by atoms with Crippen LogP contribution in [0.4, 0.5) is 0 Å². The number of ether oxygens (including phenoxy) is 1. The highest BCUT2D eigenvalue weighted by atomic mass is 35.5. The number of primary amides is 1. The van der Waals surface area contributed by atoms with Gasteiger partial charge in [0.1, 0.15) is 23.7 Å². The Kier molecular flexibility index (Phi) is 8.84. The second kappa shape index (κ2) is 11.4. The monoisotopic (exact) mass is 495 g/mol. The van der Waals surface area contributed by atoms with Crippen LogP contribution in [0, 0.1) is 0 Å². The molecule has 2 aromatic carbocycles. The van der Waals surface area contributed by atoms with E-state index in [0.717, 1.165) is 37.5 Å². The normalized spacial score (nSPS) is 17.0. The zero-order valence-electron chi connectivity index (χ0n) is 18.7. The van der Waals surface area contributed by atoms with Crippen molar-refractivity contribution in [1.82, 2.24) is 10.2 Å². The molecule has 0 radical (unpaired) electrons. The number of phenols is 1. The number of nitrogens with two attached hydrogens (primary N) is 1. The molecule has 1 atom stereocenters. The number of likely N-dealkylation sites (tertiary alicyclic amines) is 1. The van der Waals surface area contributed by atoms with Gasteiger partial charge in [-0.3, -0.25) is 9.69 Å². The first-order valence-corrected chi connectivity index (χ1v) is 11.7. The van der Waals surface area contributed by atoms with E-state index in [1.54, 1.807) is 6.92 Å². The number of hydrogen-bond acceptors (Lipinski definition) is 6. The fourth-order valence-corrected chi connectivity index (χ4v) is 4.15. The first-order valence-electron chi connectivity index (χ1n) is 11.0. The molecule has 7 nitrogen and oxygen atoms in total. The average Bonchev–Trinajstić information content (AvgIpc) is 2.76. The van der Waals surface area contributed by atoms with Gasteiger partial charge in [0.25, 0.3) is 0 Å². The predicted molar refractivity (Wildman–Crippen MR) is 130 cm³/mol. The molecule has 3 rings (SSSR count). The number of aromatic hydroxyl groups is 1. The smallest absolute Gasteiger partial charge is 0.221 e. The Morgan fingerprint density at radius 3 is 2.55 bits per heavy atom. The Hall–Kier alpha value is -2.03. The maximum atomic E-state index is 11.3. The van der Waals surface area contributed by atoms with Crippen LogP contribution in [0.15, 0.2) is 36.4 Å². The third kappa shape index (κ3) is 8.05. The quantitative estimate of drug-likeness (QED) is 0.403. The number of carbonyl (C=O) groups is 1. The number of rotatable bonds is 10. The number of halogens is 2. The lowest BCUT2D eigenvalue weighted by atomic mass is 10.0. The van der Waals surface area contributed by atoms with Gasteiger partial charge in [-0.1, -0.05) is 35.3 Å². The third-order valence-electron chi connectivity index (χ3n) is 5.71. The lowest BCUT2D eigenvalue weighted by Crippen LogP contribution is -2.49. The molecule has 0 bridgehead atoms. The van der Waals surface area contributed by atoms with Crippen LogP contribution >= 0.6 is 23.2 Å². The average molecular weight is 496 g/mol. The SMILES string of the molecule is C[C@](O)(CNC1CCN(Cc2ccc(Cl)cc2)CC1)COc1cc(O)c(Cl)cc1CC(N)=O. The Morgan fingerprint density at radius 1 is 1.24 bits per heavy atom.